The third-order valence-corrected chi connectivity index (χ3v) is 7.15. The number of β-amino-alcohol motifs (C(OH)–C–C–N with tert-alkyl or cyclic N) is 1. The third-order valence-electron chi connectivity index (χ3n) is 6.07. The molecule has 3 N–H and O–H groups in total. The Balaban J connectivity index is 1.77. The summed E-state index contributed by atoms with van der Waals surface area (Å²) in [5.41, 5.74) is 2.96. The number of likely N-dealkylation sites (tertiary alicyclic amines) is 1. The van der Waals surface area contributed by atoms with Crippen LogP contribution < -0.4 is 10.6 Å². The van der Waals surface area contributed by atoms with Crippen LogP contribution in [0.4, 0.5) is 5.69 Å². The Morgan fingerprint density at radius 3 is 2.91 bits per heavy atom. The number of likely N-dealkylation sites (N-methyl/N-ethyl adjacent to an activating group) is 1. The van der Waals surface area contributed by atoms with Gasteiger partial charge in [-0.2, -0.15) is 5.26 Å². The van der Waals surface area contributed by atoms with Crippen LogP contribution in [-0.2, 0) is 9.59 Å². The molecule has 0 bridgehead atoms. The molecular weight excluding hydrogens is 424 g/mol. The predicted octanol–water partition coefficient (Wildman–Crippen LogP) is 2.28. The van der Waals surface area contributed by atoms with Crippen molar-refractivity contribution in [2.75, 3.05) is 37.8 Å². The van der Waals surface area contributed by atoms with E-state index in [1.807, 2.05) is 36.4 Å². The summed E-state index contributed by atoms with van der Waals surface area (Å²) in [7, 11) is 1.62. The van der Waals surface area contributed by atoms with Crippen LogP contribution in [0.1, 0.15) is 34.9 Å². The molecule has 8 heteroatoms. The Morgan fingerprint density at radius 2 is 2.19 bits per heavy atom. The lowest BCUT2D eigenvalue weighted by atomic mass is 9.79. The van der Waals surface area contributed by atoms with Crippen LogP contribution in [0.15, 0.2) is 47.4 Å². The molecule has 166 valence electrons. The molecule has 0 radical (unpaired) electrons. The molecular formula is C24H26N4O3S. The van der Waals surface area contributed by atoms with Crippen LogP contribution in [0.3, 0.4) is 0 Å². The molecule has 2 heterocycles. The topological polar surface area (TPSA) is 105 Å². The van der Waals surface area contributed by atoms with E-state index < -0.39 is 5.92 Å². The van der Waals surface area contributed by atoms with Gasteiger partial charge in [0.15, 0.2) is 0 Å². The van der Waals surface area contributed by atoms with Crippen molar-refractivity contribution in [3.63, 3.8) is 0 Å². The van der Waals surface area contributed by atoms with Crippen molar-refractivity contribution in [2.45, 2.75) is 29.3 Å². The highest BCUT2D eigenvalue weighted by molar-refractivity contribution is 8.00. The van der Waals surface area contributed by atoms with E-state index in [0.717, 1.165) is 28.3 Å². The minimum absolute atomic E-state index is 0.0551. The lowest BCUT2D eigenvalue weighted by Gasteiger charge is -2.31. The standard InChI is InChI=1S/C24H26N4O3S/c1-26-24(31)23(17-5-6-21-20(10-17)27-22(30)14-32-21)19(13-28-8-7-18(29)12-28)16-4-2-3-15(9-16)11-25/h2-6,9-10,18-19,23,29H,7-8,12-14H2,1H3,(H,26,31)(H,27,30)/t18-,19+,23?/m0/s1. The molecule has 0 aromatic heterocycles. The number of amides is 2. The molecule has 7 nitrogen and oxygen atoms in total. The number of hydrogen-bond donors (Lipinski definition) is 3. The lowest BCUT2D eigenvalue weighted by Crippen LogP contribution is -2.36. The SMILES string of the molecule is CNC(=O)C(c1ccc2c(c1)NC(=O)CS2)[C@H](CN1CC[C@H](O)C1)c1cccc(C#N)c1. The van der Waals surface area contributed by atoms with Crippen molar-refractivity contribution in [1.82, 2.24) is 10.2 Å². The summed E-state index contributed by atoms with van der Waals surface area (Å²) in [5.74, 6) is -0.571. The number of carbonyl (C=O) groups is 2. The number of benzene rings is 2. The van der Waals surface area contributed by atoms with Gasteiger partial charge in [0, 0.05) is 37.5 Å². The number of rotatable bonds is 6. The molecule has 2 aromatic rings. The van der Waals surface area contributed by atoms with Gasteiger partial charge in [-0.15, -0.1) is 11.8 Å². The molecule has 1 fully saturated rings. The fourth-order valence-electron chi connectivity index (χ4n) is 4.51. The van der Waals surface area contributed by atoms with Gasteiger partial charge in [0.1, 0.15) is 0 Å². The minimum Gasteiger partial charge on any atom is -0.392 e. The number of nitriles is 1. The smallest absolute Gasteiger partial charge is 0.234 e. The van der Waals surface area contributed by atoms with E-state index in [1.54, 1.807) is 13.1 Å². The average molecular weight is 451 g/mol. The first-order valence-electron chi connectivity index (χ1n) is 10.7. The van der Waals surface area contributed by atoms with Crippen molar-refractivity contribution < 1.29 is 14.7 Å². The summed E-state index contributed by atoms with van der Waals surface area (Å²) in [4.78, 5) is 28.3. The zero-order valence-electron chi connectivity index (χ0n) is 17.9. The summed E-state index contributed by atoms with van der Waals surface area (Å²) in [6, 6.07) is 15.3. The first-order valence-corrected chi connectivity index (χ1v) is 11.7. The molecule has 1 unspecified atom stereocenters. The van der Waals surface area contributed by atoms with E-state index in [9.17, 15) is 20.0 Å². The lowest BCUT2D eigenvalue weighted by molar-refractivity contribution is -0.122. The largest absolute Gasteiger partial charge is 0.392 e. The summed E-state index contributed by atoms with van der Waals surface area (Å²) in [5, 5.41) is 25.2. The molecule has 0 aliphatic carbocycles. The van der Waals surface area contributed by atoms with Crippen molar-refractivity contribution in [2.24, 2.45) is 0 Å². The van der Waals surface area contributed by atoms with Crippen LogP contribution in [0.5, 0.6) is 0 Å². The van der Waals surface area contributed by atoms with E-state index in [-0.39, 0.29) is 23.8 Å². The van der Waals surface area contributed by atoms with Crippen LogP contribution in [-0.4, -0.2) is 60.4 Å². The Kier molecular flexibility index (Phi) is 6.80. The van der Waals surface area contributed by atoms with Crippen molar-refractivity contribution >= 4 is 29.3 Å². The second kappa shape index (κ2) is 9.74. The second-order valence-electron chi connectivity index (χ2n) is 8.23. The van der Waals surface area contributed by atoms with Crippen molar-refractivity contribution in [3.8, 4) is 6.07 Å². The number of aliphatic hydroxyl groups is 1. The van der Waals surface area contributed by atoms with E-state index in [1.165, 1.54) is 11.8 Å². The van der Waals surface area contributed by atoms with E-state index in [2.05, 4.69) is 21.6 Å². The van der Waals surface area contributed by atoms with Crippen LogP contribution in [0.2, 0.25) is 0 Å². The number of nitrogens with zero attached hydrogens (tertiary/aromatic N) is 2. The highest BCUT2D eigenvalue weighted by Gasteiger charge is 2.34. The Morgan fingerprint density at radius 1 is 1.34 bits per heavy atom. The highest BCUT2D eigenvalue weighted by Crippen LogP contribution is 2.39. The number of aliphatic hydroxyl groups excluding tert-OH is 1. The van der Waals surface area contributed by atoms with Gasteiger partial charge in [-0.3, -0.25) is 9.59 Å². The van der Waals surface area contributed by atoms with Gasteiger partial charge < -0.3 is 20.6 Å². The summed E-state index contributed by atoms with van der Waals surface area (Å²) in [6.07, 6.45) is 0.341. The molecule has 4 rings (SSSR count). The Hall–Kier alpha value is -2.86. The minimum atomic E-state index is -0.527. The third kappa shape index (κ3) is 4.80. The summed E-state index contributed by atoms with van der Waals surface area (Å²) < 4.78 is 0. The number of nitrogens with one attached hydrogen (secondary N) is 2. The van der Waals surface area contributed by atoms with Crippen LogP contribution >= 0.6 is 11.8 Å². The number of carbonyl (C=O) groups excluding carboxylic acids is 2. The molecule has 1 saturated heterocycles. The molecule has 2 aliphatic heterocycles. The maximum absolute atomic E-state index is 13.2. The predicted molar refractivity (Wildman–Crippen MR) is 124 cm³/mol. The van der Waals surface area contributed by atoms with Crippen LogP contribution in [0.25, 0.3) is 0 Å². The van der Waals surface area contributed by atoms with Crippen molar-refractivity contribution in [3.05, 3.63) is 59.2 Å². The first kappa shape index (κ1) is 22.3. The summed E-state index contributed by atoms with van der Waals surface area (Å²) in [6.45, 7) is 1.89. The number of anilines is 1. The quantitative estimate of drug-likeness (QED) is 0.624. The molecule has 2 amide bonds. The van der Waals surface area contributed by atoms with Gasteiger partial charge in [0.25, 0.3) is 0 Å². The molecule has 2 aliphatic rings. The van der Waals surface area contributed by atoms with Gasteiger partial charge in [-0.25, -0.2) is 0 Å². The number of fused-ring (bicyclic) bond motifs is 1. The highest BCUT2D eigenvalue weighted by atomic mass is 32.2. The van der Waals surface area contributed by atoms with Gasteiger partial charge >= 0.3 is 0 Å². The van der Waals surface area contributed by atoms with E-state index in [4.69, 9.17) is 0 Å². The number of hydrogen-bond acceptors (Lipinski definition) is 6. The van der Waals surface area contributed by atoms with E-state index in [0.29, 0.717) is 30.8 Å². The van der Waals surface area contributed by atoms with Crippen LogP contribution in [0, 0.1) is 11.3 Å². The maximum Gasteiger partial charge on any atom is 0.234 e. The van der Waals surface area contributed by atoms with Gasteiger partial charge in [-0.05, 0) is 41.8 Å². The molecule has 0 saturated carbocycles. The van der Waals surface area contributed by atoms with Crippen molar-refractivity contribution in [1.29, 1.82) is 5.26 Å². The normalized spacial score (nSPS) is 20.0. The fraction of sp³-hybridized carbons (Fsp3) is 0.375. The van der Waals surface area contributed by atoms with E-state index >= 15 is 0 Å². The maximum atomic E-state index is 13.2. The monoisotopic (exact) mass is 450 g/mol. The Labute approximate surface area is 191 Å². The van der Waals surface area contributed by atoms with Gasteiger partial charge in [0.05, 0.1) is 35.1 Å². The Bertz CT molecular complexity index is 1070. The van der Waals surface area contributed by atoms with Gasteiger partial charge in [0.2, 0.25) is 11.8 Å². The zero-order chi connectivity index (χ0) is 22.7. The molecule has 0 spiro atoms. The molecule has 32 heavy (non-hydrogen) atoms. The average Bonchev–Trinajstić information content (AvgIpc) is 3.22. The fourth-order valence-corrected chi connectivity index (χ4v) is 5.30. The zero-order valence-corrected chi connectivity index (χ0v) is 18.7. The number of thioether (sulfide) groups is 1. The summed E-state index contributed by atoms with van der Waals surface area (Å²) >= 11 is 1.48. The first-order chi connectivity index (χ1) is 15.5. The van der Waals surface area contributed by atoms with Gasteiger partial charge in [-0.1, -0.05) is 18.2 Å². The molecule has 2 aromatic carbocycles. The second-order valence-corrected chi connectivity index (χ2v) is 9.25. The molecule has 3 atom stereocenters.